The molecular formula is C15H31ClN2OS. The average molecular weight is 323 g/mol. The van der Waals surface area contributed by atoms with Crippen molar-refractivity contribution in [3.63, 3.8) is 0 Å². The molecule has 1 aliphatic rings. The molecule has 1 atom stereocenters. The Labute approximate surface area is 134 Å². The number of nitrogens with zero attached hydrogens (tertiary/aromatic N) is 1. The Morgan fingerprint density at radius 1 is 1.35 bits per heavy atom. The number of nitrogens with two attached hydrogens (primary N) is 1. The van der Waals surface area contributed by atoms with Gasteiger partial charge in [-0.25, -0.2) is 0 Å². The predicted octanol–water partition coefficient (Wildman–Crippen LogP) is 3.31. The SMILES string of the molecule is CSCCC(C)N(C)C(=O)CC1(CN)CCCCC1.Cl. The molecule has 1 rings (SSSR count). The maximum Gasteiger partial charge on any atom is 0.223 e. The molecule has 0 aromatic carbocycles. The van der Waals surface area contributed by atoms with Crippen LogP contribution in [0.2, 0.25) is 0 Å². The fourth-order valence-electron chi connectivity index (χ4n) is 2.93. The molecule has 0 heterocycles. The van der Waals surface area contributed by atoms with Gasteiger partial charge in [-0.3, -0.25) is 4.79 Å². The summed E-state index contributed by atoms with van der Waals surface area (Å²) in [6, 6.07) is 0.332. The molecule has 0 aromatic rings. The first-order valence-electron chi connectivity index (χ1n) is 7.49. The van der Waals surface area contributed by atoms with Gasteiger partial charge < -0.3 is 10.6 Å². The van der Waals surface area contributed by atoms with E-state index in [0.717, 1.165) is 25.0 Å². The number of carbonyl (C=O) groups is 1. The van der Waals surface area contributed by atoms with Crippen molar-refractivity contribution in [2.75, 3.05) is 25.6 Å². The monoisotopic (exact) mass is 322 g/mol. The number of rotatable bonds is 7. The lowest BCUT2D eigenvalue weighted by Gasteiger charge is -2.37. The van der Waals surface area contributed by atoms with Gasteiger partial charge >= 0.3 is 0 Å². The van der Waals surface area contributed by atoms with E-state index in [-0.39, 0.29) is 23.7 Å². The van der Waals surface area contributed by atoms with Crippen LogP contribution in [0.3, 0.4) is 0 Å². The third-order valence-electron chi connectivity index (χ3n) is 4.67. The van der Waals surface area contributed by atoms with Gasteiger partial charge in [-0.1, -0.05) is 19.3 Å². The Balaban J connectivity index is 0.00000361. The standard InChI is InChI=1S/C15H30N2OS.ClH/c1-13(7-10-19-3)17(2)14(18)11-15(12-16)8-5-4-6-9-15;/h13H,4-12,16H2,1-3H3;1H. The maximum atomic E-state index is 12.4. The number of carbonyl (C=O) groups excluding carboxylic acids is 1. The second-order valence-corrected chi connectivity index (χ2v) is 7.06. The molecular weight excluding hydrogens is 292 g/mol. The average Bonchev–Trinajstić information content (AvgIpc) is 2.44. The molecule has 0 bridgehead atoms. The van der Waals surface area contributed by atoms with Crippen LogP contribution in [0.5, 0.6) is 0 Å². The normalized spacial score (nSPS) is 19.0. The summed E-state index contributed by atoms with van der Waals surface area (Å²) in [6.07, 6.45) is 9.84. The zero-order chi connectivity index (χ0) is 14.3. The molecule has 1 aliphatic carbocycles. The van der Waals surface area contributed by atoms with Crippen molar-refractivity contribution >= 4 is 30.1 Å². The molecule has 20 heavy (non-hydrogen) atoms. The van der Waals surface area contributed by atoms with E-state index in [1.165, 1.54) is 19.3 Å². The minimum Gasteiger partial charge on any atom is -0.343 e. The Bertz CT molecular complexity index is 283. The number of thioether (sulfide) groups is 1. The smallest absolute Gasteiger partial charge is 0.223 e. The molecule has 1 saturated carbocycles. The third kappa shape index (κ3) is 5.82. The molecule has 2 N–H and O–H groups in total. The predicted molar refractivity (Wildman–Crippen MR) is 91.7 cm³/mol. The van der Waals surface area contributed by atoms with Crippen LogP contribution in [0, 0.1) is 5.41 Å². The molecule has 1 unspecified atom stereocenters. The first kappa shape index (κ1) is 20.1. The molecule has 0 aromatic heterocycles. The molecule has 0 spiro atoms. The molecule has 0 aliphatic heterocycles. The summed E-state index contributed by atoms with van der Waals surface area (Å²) in [5, 5.41) is 0. The van der Waals surface area contributed by atoms with Gasteiger partial charge in [-0.15, -0.1) is 12.4 Å². The second-order valence-electron chi connectivity index (χ2n) is 6.08. The lowest BCUT2D eigenvalue weighted by Crippen LogP contribution is -2.42. The fourth-order valence-corrected chi connectivity index (χ4v) is 3.51. The minimum atomic E-state index is 0. The number of hydrogen-bond acceptors (Lipinski definition) is 3. The van der Waals surface area contributed by atoms with Gasteiger partial charge in [-0.2, -0.15) is 11.8 Å². The van der Waals surface area contributed by atoms with E-state index in [1.54, 1.807) is 0 Å². The van der Waals surface area contributed by atoms with Crippen LogP contribution in [0.1, 0.15) is 51.9 Å². The zero-order valence-corrected chi connectivity index (χ0v) is 14.8. The molecule has 5 heteroatoms. The van der Waals surface area contributed by atoms with Gasteiger partial charge in [0.15, 0.2) is 0 Å². The highest BCUT2D eigenvalue weighted by Crippen LogP contribution is 2.38. The van der Waals surface area contributed by atoms with Crippen molar-refractivity contribution in [2.45, 2.75) is 57.9 Å². The van der Waals surface area contributed by atoms with E-state index < -0.39 is 0 Å². The second kappa shape index (κ2) is 9.91. The van der Waals surface area contributed by atoms with E-state index in [2.05, 4.69) is 13.2 Å². The lowest BCUT2D eigenvalue weighted by atomic mass is 9.71. The zero-order valence-electron chi connectivity index (χ0n) is 13.2. The van der Waals surface area contributed by atoms with E-state index in [9.17, 15) is 4.79 Å². The highest BCUT2D eigenvalue weighted by molar-refractivity contribution is 7.98. The van der Waals surface area contributed by atoms with E-state index in [0.29, 0.717) is 19.0 Å². The van der Waals surface area contributed by atoms with Crippen LogP contribution in [0.25, 0.3) is 0 Å². The Kier molecular flexibility index (Phi) is 9.94. The Hall–Kier alpha value is 0.0700. The van der Waals surface area contributed by atoms with Crippen LogP contribution >= 0.6 is 24.2 Å². The summed E-state index contributed by atoms with van der Waals surface area (Å²) in [6.45, 7) is 2.80. The number of halogens is 1. The quantitative estimate of drug-likeness (QED) is 0.782. The molecule has 0 saturated heterocycles. The summed E-state index contributed by atoms with van der Waals surface area (Å²) in [4.78, 5) is 14.4. The fraction of sp³-hybridized carbons (Fsp3) is 0.933. The van der Waals surface area contributed by atoms with Crippen molar-refractivity contribution in [3.8, 4) is 0 Å². The van der Waals surface area contributed by atoms with Gasteiger partial charge in [-0.05, 0) is 50.2 Å². The van der Waals surface area contributed by atoms with Crippen molar-refractivity contribution in [1.82, 2.24) is 4.90 Å². The van der Waals surface area contributed by atoms with Gasteiger partial charge in [0.05, 0.1) is 0 Å². The van der Waals surface area contributed by atoms with Crippen LogP contribution in [0.4, 0.5) is 0 Å². The summed E-state index contributed by atoms with van der Waals surface area (Å²) in [5.41, 5.74) is 6.06. The number of amides is 1. The maximum absolute atomic E-state index is 12.4. The molecule has 120 valence electrons. The molecule has 1 fully saturated rings. The summed E-state index contributed by atoms with van der Waals surface area (Å²) >= 11 is 1.84. The lowest BCUT2D eigenvalue weighted by molar-refractivity contribution is -0.134. The topological polar surface area (TPSA) is 46.3 Å². The Morgan fingerprint density at radius 2 is 1.95 bits per heavy atom. The van der Waals surface area contributed by atoms with Gasteiger partial charge in [0.2, 0.25) is 5.91 Å². The van der Waals surface area contributed by atoms with E-state index in [4.69, 9.17) is 5.73 Å². The van der Waals surface area contributed by atoms with Gasteiger partial charge in [0.1, 0.15) is 0 Å². The highest BCUT2D eigenvalue weighted by atomic mass is 35.5. The van der Waals surface area contributed by atoms with Crippen LogP contribution in [-0.2, 0) is 4.79 Å². The first-order chi connectivity index (χ1) is 9.04. The van der Waals surface area contributed by atoms with Crippen molar-refractivity contribution in [3.05, 3.63) is 0 Å². The third-order valence-corrected chi connectivity index (χ3v) is 5.31. The Morgan fingerprint density at radius 3 is 2.45 bits per heavy atom. The van der Waals surface area contributed by atoms with Crippen LogP contribution in [-0.4, -0.2) is 42.4 Å². The van der Waals surface area contributed by atoms with Crippen LogP contribution < -0.4 is 5.73 Å². The molecule has 0 radical (unpaired) electrons. The summed E-state index contributed by atoms with van der Waals surface area (Å²) in [5.74, 6) is 1.39. The van der Waals surface area contributed by atoms with Crippen LogP contribution in [0.15, 0.2) is 0 Å². The molecule has 1 amide bonds. The van der Waals surface area contributed by atoms with Gasteiger partial charge in [0.25, 0.3) is 0 Å². The van der Waals surface area contributed by atoms with Gasteiger partial charge in [0, 0.05) is 19.5 Å². The largest absolute Gasteiger partial charge is 0.343 e. The first-order valence-corrected chi connectivity index (χ1v) is 8.89. The number of hydrogen-bond donors (Lipinski definition) is 1. The molecule has 3 nitrogen and oxygen atoms in total. The van der Waals surface area contributed by atoms with Crippen molar-refractivity contribution < 1.29 is 4.79 Å². The summed E-state index contributed by atoms with van der Waals surface area (Å²) < 4.78 is 0. The highest BCUT2D eigenvalue weighted by Gasteiger charge is 2.34. The minimum absolute atomic E-state index is 0. The van der Waals surface area contributed by atoms with E-state index in [1.807, 2.05) is 23.7 Å². The summed E-state index contributed by atoms with van der Waals surface area (Å²) in [7, 11) is 1.94. The van der Waals surface area contributed by atoms with Crippen molar-refractivity contribution in [2.24, 2.45) is 11.1 Å². The van der Waals surface area contributed by atoms with E-state index >= 15 is 0 Å². The van der Waals surface area contributed by atoms with Crippen molar-refractivity contribution in [1.29, 1.82) is 0 Å².